The molecule has 1 spiro atoms. The van der Waals surface area contributed by atoms with E-state index < -0.39 is 0 Å². The Kier molecular flexibility index (Phi) is 3.71. The van der Waals surface area contributed by atoms with E-state index in [0.717, 1.165) is 49.7 Å². The van der Waals surface area contributed by atoms with Gasteiger partial charge in [-0.3, -0.25) is 0 Å². The number of hydrogen-bond donors (Lipinski definition) is 1. The van der Waals surface area contributed by atoms with Crippen LogP contribution < -0.4 is 0 Å². The van der Waals surface area contributed by atoms with E-state index in [1.54, 1.807) is 0 Å². The summed E-state index contributed by atoms with van der Waals surface area (Å²) in [4.78, 5) is 0. The molecule has 0 bridgehead atoms. The van der Waals surface area contributed by atoms with Crippen molar-refractivity contribution >= 4 is 0 Å². The molecule has 4 aliphatic carbocycles. The zero-order valence-electron chi connectivity index (χ0n) is 16.3. The molecule has 0 aromatic rings. The average Bonchev–Trinajstić information content (AvgIpc) is 3.18. The summed E-state index contributed by atoms with van der Waals surface area (Å²) in [6.45, 7) is 8.94. The highest BCUT2D eigenvalue weighted by Crippen LogP contribution is 2.68. The summed E-state index contributed by atoms with van der Waals surface area (Å²) >= 11 is 0. The lowest BCUT2D eigenvalue weighted by Crippen LogP contribution is -2.59. The molecule has 1 aliphatic heterocycles. The molecule has 1 N–H and O–H groups in total. The highest BCUT2D eigenvalue weighted by atomic mass is 16.7. The van der Waals surface area contributed by atoms with Gasteiger partial charge >= 0.3 is 0 Å². The van der Waals surface area contributed by atoms with E-state index in [-0.39, 0.29) is 17.3 Å². The Balaban J connectivity index is 1.44. The Morgan fingerprint density at radius 1 is 0.760 bits per heavy atom. The normalized spacial score (nSPS) is 57.1. The van der Waals surface area contributed by atoms with Crippen LogP contribution in [-0.2, 0) is 9.47 Å². The first-order chi connectivity index (χ1) is 11.9. The van der Waals surface area contributed by atoms with E-state index >= 15 is 0 Å². The smallest absolute Gasteiger partial charge is 0.171 e. The SMILES string of the molecule is CC1C2CCC3C4CCC(O)C4(C)CCC3C2(C)CCC12OCCO2. The minimum atomic E-state index is -0.274. The molecule has 8 atom stereocenters. The number of hydrogen-bond acceptors (Lipinski definition) is 3. The maximum atomic E-state index is 10.6. The van der Waals surface area contributed by atoms with Crippen LogP contribution in [0.5, 0.6) is 0 Å². The van der Waals surface area contributed by atoms with Crippen molar-refractivity contribution in [3.05, 3.63) is 0 Å². The topological polar surface area (TPSA) is 38.7 Å². The van der Waals surface area contributed by atoms with Gasteiger partial charge in [0.05, 0.1) is 19.3 Å². The Morgan fingerprint density at radius 3 is 2.20 bits per heavy atom. The van der Waals surface area contributed by atoms with Gasteiger partial charge in [-0.2, -0.15) is 0 Å². The van der Waals surface area contributed by atoms with Crippen LogP contribution in [0.1, 0.15) is 72.1 Å². The molecule has 8 unspecified atom stereocenters. The van der Waals surface area contributed by atoms with Crippen molar-refractivity contribution in [2.24, 2.45) is 40.4 Å². The maximum Gasteiger partial charge on any atom is 0.171 e. The van der Waals surface area contributed by atoms with Gasteiger partial charge in [-0.15, -0.1) is 0 Å². The second-order valence-corrected chi connectivity index (χ2v) is 10.5. The molecule has 3 nitrogen and oxygen atoms in total. The molecule has 5 fully saturated rings. The monoisotopic (exact) mass is 348 g/mol. The molecule has 1 saturated heterocycles. The summed E-state index contributed by atoms with van der Waals surface area (Å²) in [6.07, 6.45) is 9.81. The summed E-state index contributed by atoms with van der Waals surface area (Å²) in [5.74, 6) is 3.40. The molecule has 4 saturated carbocycles. The maximum absolute atomic E-state index is 10.6. The standard InChI is InChI=1S/C22H36O3/c1-14-16-5-4-15-17-6-7-19(23)21(17,3)9-8-18(15)20(16,2)10-11-22(14)24-12-13-25-22/h14-19,23H,4-13H2,1-3H3. The van der Waals surface area contributed by atoms with Crippen molar-refractivity contribution in [3.63, 3.8) is 0 Å². The molecule has 5 aliphatic rings. The largest absolute Gasteiger partial charge is 0.393 e. The van der Waals surface area contributed by atoms with Gasteiger partial charge in [0, 0.05) is 12.3 Å². The molecule has 5 rings (SSSR count). The molecule has 3 heteroatoms. The third-order valence-electron chi connectivity index (χ3n) is 9.98. The van der Waals surface area contributed by atoms with E-state index in [1.165, 1.54) is 38.5 Å². The van der Waals surface area contributed by atoms with E-state index in [0.29, 0.717) is 11.3 Å². The fourth-order valence-corrected chi connectivity index (χ4v) is 8.51. The van der Waals surface area contributed by atoms with E-state index in [1.807, 2.05) is 0 Å². The number of ether oxygens (including phenoxy) is 2. The molecule has 0 radical (unpaired) electrons. The first-order valence-corrected chi connectivity index (χ1v) is 10.9. The lowest BCUT2D eigenvalue weighted by Gasteiger charge is -2.63. The van der Waals surface area contributed by atoms with Gasteiger partial charge in [0.2, 0.25) is 0 Å². The fraction of sp³-hybridized carbons (Fsp3) is 1.00. The molecule has 0 amide bonds. The summed E-state index contributed by atoms with van der Waals surface area (Å²) < 4.78 is 12.3. The van der Waals surface area contributed by atoms with Crippen molar-refractivity contribution in [2.75, 3.05) is 13.2 Å². The highest BCUT2D eigenvalue weighted by Gasteiger charge is 2.64. The number of fused-ring (bicyclic) bond motifs is 5. The Labute approximate surface area is 152 Å². The number of rotatable bonds is 0. The van der Waals surface area contributed by atoms with Crippen molar-refractivity contribution in [1.29, 1.82) is 0 Å². The Hall–Kier alpha value is -0.120. The molecule has 25 heavy (non-hydrogen) atoms. The zero-order chi connectivity index (χ0) is 17.4. The van der Waals surface area contributed by atoms with Crippen LogP contribution in [0.4, 0.5) is 0 Å². The van der Waals surface area contributed by atoms with Gasteiger partial charge in [0.1, 0.15) is 0 Å². The predicted molar refractivity (Wildman–Crippen MR) is 96.9 cm³/mol. The third kappa shape index (κ3) is 2.09. The summed E-state index contributed by atoms with van der Waals surface area (Å²) in [6, 6.07) is 0. The van der Waals surface area contributed by atoms with Crippen LogP contribution in [0.3, 0.4) is 0 Å². The van der Waals surface area contributed by atoms with Gasteiger partial charge in [0.25, 0.3) is 0 Å². The first-order valence-electron chi connectivity index (χ1n) is 10.9. The van der Waals surface area contributed by atoms with Crippen LogP contribution in [0.25, 0.3) is 0 Å². The molecule has 1 heterocycles. The predicted octanol–water partition coefficient (Wildman–Crippen LogP) is 4.38. The van der Waals surface area contributed by atoms with E-state index in [4.69, 9.17) is 9.47 Å². The fourth-order valence-electron chi connectivity index (χ4n) is 8.51. The van der Waals surface area contributed by atoms with Gasteiger partial charge in [-0.25, -0.2) is 0 Å². The first kappa shape index (κ1) is 17.0. The van der Waals surface area contributed by atoms with E-state index in [2.05, 4.69) is 20.8 Å². The number of aliphatic hydroxyl groups is 1. The summed E-state index contributed by atoms with van der Waals surface area (Å²) in [5, 5.41) is 10.6. The van der Waals surface area contributed by atoms with Crippen LogP contribution in [0, 0.1) is 40.4 Å². The highest BCUT2D eigenvalue weighted by molar-refractivity contribution is 5.11. The summed E-state index contributed by atoms with van der Waals surface area (Å²) in [5.41, 5.74) is 0.640. The van der Waals surface area contributed by atoms with Crippen LogP contribution >= 0.6 is 0 Å². The average molecular weight is 349 g/mol. The van der Waals surface area contributed by atoms with Gasteiger partial charge in [-0.1, -0.05) is 20.8 Å². The molecule has 0 aromatic carbocycles. The minimum Gasteiger partial charge on any atom is -0.393 e. The van der Waals surface area contributed by atoms with Gasteiger partial charge in [0.15, 0.2) is 5.79 Å². The third-order valence-corrected chi connectivity index (χ3v) is 9.98. The van der Waals surface area contributed by atoms with Crippen molar-refractivity contribution in [2.45, 2.75) is 84.0 Å². The van der Waals surface area contributed by atoms with Crippen molar-refractivity contribution in [3.8, 4) is 0 Å². The second-order valence-electron chi connectivity index (χ2n) is 10.5. The molecule has 0 aromatic heterocycles. The lowest BCUT2D eigenvalue weighted by molar-refractivity contribution is -0.263. The molecular weight excluding hydrogens is 312 g/mol. The summed E-state index contributed by atoms with van der Waals surface area (Å²) in [7, 11) is 0. The van der Waals surface area contributed by atoms with Crippen LogP contribution in [-0.4, -0.2) is 30.2 Å². The lowest BCUT2D eigenvalue weighted by atomic mass is 9.43. The Bertz CT molecular complexity index is 541. The quantitative estimate of drug-likeness (QED) is 0.706. The van der Waals surface area contributed by atoms with Crippen LogP contribution in [0.15, 0.2) is 0 Å². The van der Waals surface area contributed by atoms with Gasteiger partial charge < -0.3 is 14.6 Å². The minimum absolute atomic E-state index is 0.0576. The van der Waals surface area contributed by atoms with Crippen molar-refractivity contribution < 1.29 is 14.6 Å². The molecular formula is C22H36O3. The second kappa shape index (κ2) is 5.45. The van der Waals surface area contributed by atoms with Gasteiger partial charge in [-0.05, 0) is 79.4 Å². The van der Waals surface area contributed by atoms with Crippen molar-refractivity contribution in [1.82, 2.24) is 0 Å². The van der Waals surface area contributed by atoms with Crippen LogP contribution in [0.2, 0.25) is 0 Å². The zero-order valence-corrected chi connectivity index (χ0v) is 16.3. The number of aliphatic hydroxyl groups excluding tert-OH is 1. The molecule has 142 valence electrons. The van der Waals surface area contributed by atoms with E-state index in [9.17, 15) is 5.11 Å². The Morgan fingerprint density at radius 2 is 1.44 bits per heavy atom.